The van der Waals surface area contributed by atoms with E-state index in [0.29, 0.717) is 6.07 Å². The van der Waals surface area contributed by atoms with Gasteiger partial charge in [0, 0.05) is 12.6 Å². The SMILES string of the molecule is Nc1cc(S(=O)(=O)NCC(O)C(F)F)c(F)cc1F. The highest BCUT2D eigenvalue weighted by Crippen LogP contribution is 2.20. The van der Waals surface area contributed by atoms with Crippen molar-refractivity contribution in [3.05, 3.63) is 23.8 Å². The zero-order chi connectivity index (χ0) is 14.8. The van der Waals surface area contributed by atoms with E-state index in [2.05, 4.69) is 0 Å². The van der Waals surface area contributed by atoms with Crippen molar-refractivity contribution in [1.82, 2.24) is 4.72 Å². The van der Waals surface area contributed by atoms with Gasteiger partial charge in [0.05, 0.1) is 5.69 Å². The van der Waals surface area contributed by atoms with Crippen molar-refractivity contribution in [2.45, 2.75) is 17.4 Å². The van der Waals surface area contributed by atoms with Crippen LogP contribution in [0, 0.1) is 11.6 Å². The summed E-state index contributed by atoms with van der Waals surface area (Å²) in [6.07, 6.45) is -5.40. The van der Waals surface area contributed by atoms with E-state index in [9.17, 15) is 26.0 Å². The number of benzene rings is 1. The van der Waals surface area contributed by atoms with Gasteiger partial charge in [0.15, 0.2) is 0 Å². The summed E-state index contributed by atoms with van der Waals surface area (Å²) < 4.78 is 74.8. The van der Waals surface area contributed by atoms with Gasteiger partial charge in [-0.25, -0.2) is 30.7 Å². The van der Waals surface area contributed by atoms with Crippen LogP contribution in [0.2, 0.25) is 0 Å². The molecular formula is C9H10F4N2O3S. The van der Waals surface area contributed by atoms with Crippen molar-refractivity contribution >= 4 is 15.7 Å². The zero-order valence-corrected chi connectivity index (χ0v) is 10.1. The van der Waals surface area contributed by atoms with E-state index in [1.54, 1.807) is 4.72 Å². The molecule has 1 rings (SSSR count). The minimum atomic E-state index is -4.52. The number of alkyl halides is 2. The third-order valence-corrected chi connectivity index (χ3v) is 3.55. The molecule has 19 heavy (non-hydrogen) atoms. The molecule has 1 atom stereocenters. The minimum absolute atomic E-state index is 0.257. The monoisotopic (exact) mass is 302 g/mol. The van der Waals surface area contributed by atoms with E-state index in [-0.39, 0.29) is 6.07 Å². The molecule has 4 N–H and O–H groups in total. The Morgan fingerprint density at radius 1 is 1.26 bits per heavy atom. The van der Waals surface area contributed by atoms with Gasteiger partial charge >= 0.3 is 0 Å². The topological polar surface area (TPSA) is 92.4 Å². The number of nitrogens with two attached hydrogens (primary N) is 1. The molecular weight excluding hydrogens is 292 g/mol. The highest BCUT2D eigenvalue weighted by atomic mass is 32.2. The summed E-state index contributed by atoms with van der Waals surface area (Å²) in [4.78, 5) is -0.993. The van der Waals surface area contributed by atoms with E-state index in [0.717, 1.165) is 0 Å². The lowest BCUT2D eigenvalue weighted by molar-refractivity contribution is -0.000456. The lowest BCUT2D eigenvalue weighted by Crippen LogP contribution is -2.36. The van der Waals surface area contributed by atoms with Gasteiger partial charge < -0.3 is 10.8 Å². The Bertz CT molecular complexity index is 565. The lowest BCUT2D eigenvalue weighted by atomic mass is 10.3. The maximum atomic E-state index is 13.3. The molecule has 0 aromatic heterocycles. The van der Waals surface area contributed by atoms with Gasteiger partial charge in [0.2, 0.25) is 10.0 Å². The Morgan fingerprint density at radius 3 is 2.37 bits per heavy atom. The zero-order valence-electron chi connectivity index (χ0n) is 9.28. The van der Waals surface area contributed by atoms with Gasteiger partial charge in [-0.2, -0.15) is 0 Å². The van der Waals surface area contributed by atoms with Crippen molar-refractivity contribution in [2.75, 3.05) is 12.3 Å². The van der Waals surface area contributed by atoms with Crippen molar-refractivity contribution in [3.8, 4) is 0 Å². The first kappa shape index (κ1) is 15.7. The van der Waals surface area contributed by atoms with Crippen LogP contribution in [-0.2, 0) is 10.0 Å². The second-order valence-corrected chi connectivity index (χ2v) is 5.29. The van der Waals surface area contributed by atoms with Crippen LogP contribution in [0.5, 0.6) is 0 Å². The predicted octanol–water partition coefficient (Wildman–Crippen LogP) is 0.451. The van der Waals surface area contributed by atoms with Crippen LogP contribution < -0.4 is 10.5 Å². The lowest BCUT2D eigenvalue weighted by Gasteiger charge is -2.12. The summed E-state index contributed by atoms with van der Waals surface area (Å²) in [5, 5.41) is 8.75. The number of rotatable bonds is 5. The second kappa shape index (κ2) is 5.72. The minimum Gasteiger partial charge on any atom is -0.396 e. The van der Waals surface area contributed by atoms with E-state index < -0.39 is 51.3 Å². The summed E-state index contributed by atoms with van der Waals surface area (Å²) >= 11 is 0. The largest absolute Gasteiger partial charge is 0.396 e. The van der Waals surface area contributed by atoms with Crippen molar-refractivity contribution in [2.24, 2.45) is 0 Å². The molecule has 108 valence electrons. The Labute approximate surface area is 106 Å². The highest BCUT2D eigenvalue weighted by molar-refractivity contribution is 7.89. The van der Waals surface area contributed by atoms with E-state index in [1.807, 2.05) is 0 Å². The number of hydrogen-bond donors (Lipinski definition) is 3. The van der Waals surface area contributed by atoms with Crippen LogP contribution in [0.3, 0.4) is 0 Å². The molecule has 0 bridgehead atoms. The molecule has 0 saturated carbocycles. The van der Waals surface area contributed by atoms with Gasteiger partial charge in [-0.1, -0.05) is 0 Å². The summed E-state index contributed by atoms with van der Waals surface area (Å²) in [5.74, 6) is -2.57. The number of nitrogens with one attached hydrogen (secondary N) is 1. The van der Waals surface area contributed by atoms with Crippen molar-refractivity contribution < 1.29 is 31.1 Å². The van der Waals surface area contributed by atoms with Gasteiger partial charge in [0.25, 0.3) is 6.43 Å². The average molecular weight is 302 g/mol. The molecule has 1 unspecified atom stereocenters. The molecule has 0 heterocycles. The fourth-order valence-corrected chi connectivity index (χ4v) is 2.26. The standard InChI is InChI=1S/C9H10F4N2O3S/c10-4-1-5(11)8(2-6(4)14)19(17,18)15-3-7(16)9(12)13/h1-2,7,9,15-16H,3,14H2. The fraction of sp³-hybridized carbons (Fsp3) is 0.333. The molecule has 0 aliphatic carbocycles. The molecule has 10 heteroatoms. The summed E-state index contributed by atoms with van der Waals surface area (Å²) in [7, 11) is -4.52. The number of hydrogen-bond acceptors (Lipinski definition) is 4. The molecule has 0 radical (unpaired) electrons. The van der Waals surface area contributed by atoms with Crippen LogP contribution in [-0.4, -0.2) is 32.6 Å². The quantitative estimate of drug-likeness (QED) is 0.544. The third kappa shape index (κ3) is 3.78. The number of anilines is 1. The van der Waals surface area contributed by atoms with Crippen LogP contribution in [0.25, 0.3) is 0 Å². The predicted molar refractivity (Wildman–Crippen MR) is 58.0 cm³/mol. The van der Waals surface area contributed by atoms with E-state index in [1.165, 1.54) is 0 Å². The molecule has 0 spiro atoms. The number of nitrogen functional groups attached to an aromatic ring is 1. The molecule has 0 saturated heterocycles. The molecule has 5 nitrogen and oxygen atoms in total. The molecule has 1 aromatic carbocycles. The Hall–Kier alpha value is -1.39. The first-order valence-electron chi connectivity index (χ1n) is 4.85. The molecule has 0 aliphatic rings. The maximum Gasteiger partial charge on any atom is 0.265 e. The van der Waals surface area contributed by atoms with Crippen molar-refractivity contribution in [1.29, 1.82) is 0 Å². The summed E-state index contributed by atoms with van der Waals surface area (Å²) in [6.45, 7) is -1.02. The van der Waals surface area contributed by atoms with E-state index in [4.69, 9.17) is 10.8 Å². The van der Waals surface area contributed by atoms with Gasteiger partial charge in [0.1, 0.15) is 22.6 Å². The summed E-state index contributed by atoms with van der Waals surface area (Å²) in [6, 6.07) is 0.773. The Morgan fingerprint density at radius 2 is 1.84 bits per heavy atom. The van der Waals surface area contributed by atoms with E-state index >= 15 is 0 Å². The molecule has 1 aromatic rings. The Balaban J connectivity index is 2.98. The summed E-state index contributed by atoms with van der Waals surface area (Å²) in [5.41, 5.74) is 4.47. The van der Waals surface area contributed by atoms with Crippen LogP contribution in [0.15, 0.2) is 17.0 Å². The molecule has 0 fully saturated rings. The molecule has 0 amide bonds. The highest BCUT2D eigenvalue weighted by Gasteiger charge is 2.24. The number of aliphatic hydroxyl groups is 1. The average Bonchev–Trinajstić information content (AvgIpc) is 2.30. The smallest absolute Gasteiger partial charge is 0.265 e. The number of aliphatic hydroxyl groups excluding tert-OH is 1. The normalized spacial score (nSPS) is 13.8. The van der Waals surface area contributed by atoms with Crippen molar-refractivity contribution in [3.63, 3.8) is 0 Å². The van der Waals surface area contributed by atoms with Gasteiger partial charge in [-0.3, -0.25) is 0 Å². The third-order valence-electron chi connectivity index (χ3n) is 2.11. The first-order valence-corrected chi connectivity index (χ1v) is 6.34. The fourth-order valence-electron chi connectivity index (χ4n) is 1.11. The van der Waals surface area contributed by atoms with Crippen LogP contribution >= 0.6 is 0 Å². The van der Waals surface area contributed by atoms with Crippen LogP contribution in [0.4, 0.5) is 23.2 Å². The first-order chi connectivity index (χ1) is 8.65. The number of sulfonamides is 1. The van der Waals surface area contributed by atoms with Gasteiger partial charge in [-0.05, 0) is 6.07 Å². The van der Waals surface area contributed by atoms with Crippen LogP contribution in [0.1, 0.15) is 0 Å². The number of halogens is 4. The maximum absolute atomic E-state index is 13.3. The second-order valence-electron chi connectivity index (χ2n) is 3.56. The Kier molecular flexibility index (Phi) is 4.71. The molecule has 0 aliphatic heterocycles. The van der Waals surface area contributed by atoms with Gasteiger partial charge in [-0.15, -0.1) is 0 Å².